The Morgan fingerprint density at radius 1 is 0.750 bits per heavy atom. The van der Waals surface area contributed by atoms with Crippen LogP contribution < -0.4 is 0 Å². The van der Waals surface area contributed by atoms with Crippen molar-refractivity contribution in [3.63, 3.8) is 0 Å². The van der Waals surface area contributed by atoms with Gasteiger partial charge < -0.3 is 0 Å². The molecule has 0 aromatic rings. The predicted molar refractivity (Wildman–Crippen MR) is 35.9 cm³/mol. The van der Waals surface area contributed by atoms with Crippen molar-refractivity contribution in [2.45, 2.75) is 0 Å². The summed E-state index contributed by atoms with van der Waals surface area (Å²) in [6.07, 6.45) is 13.1. The number of aliphatic imine (C=N–C) groups is 1. The Morgan fingerprint density at radius 3 is 2.50 bits per heavy atom. The monoisotopic (exact) mass is 105 g/mol. The molecule has 1 rings (SSSR count). The van der Waals surface area contributed by atoms with E-state index in [2.05, 4.69) is 4.99 Å². The van der Waals surface area contributed by atoms with Gasteiger partial charge in [-0.15, -0.1) is 0 Å². The largest absolute Gasteiger partial charge is 0.265 e. The van der Waals surface area contributed by atoms with E-state index in [0.717, 1.165) is 0 Å². The van der Waals surface area contributed by atoms with Crippen LogP contribution in [0.5, 0.6) is 0 Å². The first-order chi connectivity index (χ1) is 4.00. The van der Waals surface area contributed by atoms with Crippen LogP contribution in [0.15, 0.2) is 41.6 Å². The van der Waals surface area contributed by atoms with Crippen molar-refractivity contribution in [3.8, 4) is 0 Å². The summed E-state index contributed by atoms with van der Waals surface area (Å²) in [4.78, 5) is 3.89. The van der Waals surface area contributed by atoms with Gasteiger partial charge in [0.1, 0.15) is 0 Å². The second-order valence-corrected chi connectivity index (χ2v) is 1.41. The van der Waals surface area contributed by atoms with Gasteiger partial charge in [0, 0.05) is 12.4 Å². The van der Waals surface area contributed by atoms with Gasteiger partial charge >= 0.3 is 0 Å². The molecule has 40 valence electrons. The molecular weight excluding hydrogens is 98.1 g/mol. The lowest BCUT2D eigenvalue weighted by Crippen LogP contribution is -1.63. The van der Waals surface area contributed by atoms with Crippen LogP contribution in [-0.4, -0.2) is 6.21 Å². The van der Waals surface area contributed by atoms with Crippen LogP contribution in [0, 0.1) is 0 Å². The lowest BCUT2D eigenvalue weighted by Gasteiger charge is -1.77. The third kappa shape index (κ3) is 1.56. The maximum absolute atomic E-state index is 3.89. The van der Waals surface area contributed by atoms with Crippen LogP contribution in [-0.2, 0) is 0 Å². The van der Waals surface area contributed by atoms with Crippen LogP contribution in [0.25, 0.3) is 0 Å². The normalized spacial score (nSPS) is 24.0. The third-order valence-corrected chi connectivity index (χ3v) is 0.789. The standard InChI is InChI=1S/C7H7N/c1-2-4-6-8-7-5-3-1/h1-7H/b2-1-,3-1?,4-2?,5-3?,6-4-,7-5?,8-6?,8-7?. The van der Waals surface area contributed by atoms with Crippen molar-refractivity contribution >= 4 is 6.21 Å². The Hall–Kier alpha value is -1.11. The lowest BCUT2D eigenvalue weighted by atomic mass is 10.4. The van der Waals surface area contributed by atoms with Gasteiger partial charge in [-0.25, -0.2) is 0 Å². The summed E-state index contributed by atoms with van der Waals surface area (Å²) < 4.78 is 0. The van der Waals surface area contributed by atoms with Crippen LogP contribution in [0.4, 0.5) is 0 Å². The Kier molecular flexibility index (Phi) is 1.87. The Morgan fingerprint density at radius 2 is 1.50 bits per heavy atom. The average Bonchev–Trinajstić information content (AvgIpc) is 1.62. The maximum Gasteiger partial charge on any atom is 0.0267 e. The van der Waals surface area contributed by atoms with Crippen LogP contribution >= 0.6 is 0 Å². The highest BCUT2D eigenvalue weighted by Gasteiger charge is 1.65. The predicted octanol–water partition coefficient (Wildman–Crippen LogP) is 1.70. The van der Waals surface area contributed by atoms with Crippen molar-refractivity contribution in [3.05, 3.63) is 36.6 Å². The van der Waals surface area contributed by atoms with E-state index in [9.17, 15) is 0 Å². The van der Waals surface area contributed by atoms with Gasteiger partial charge in [0.05, 0.1) is 0 Å². The van der Waals surface area contributed by atoms with Gasteiger partial charge in [0.25, 0.3) is 0 Å². The van der Waals surface area contributed by atoms with Gasteiger partial charge in [-0.1, -0.05) is 18.2 Å². The molecule has 1 aliphatic heterocycles. The third-order valence-electron chi connectivity index (χ3n) is 0.789. The molecule has 8 heavy (non-hydrogen) atoms. The summed E-state index contributed by atoms with van der Waals surface area (Å²) in [6.45, 7) is 0. The molecular formula is C7H7N. The van der Waals surface area contributed by atoms with Crippen molar-refractivity contribution in [2.75, 3.05) is 0 Å². The number of nitrogens with zero attached hydrogens (tertiary/aromatic N) is 1. The molecule has 0 atom stereocenters. The summed E-state index contributed by atoms with van der Waals surface area (Å²) in [7, 11) is 0. The molecule has 1 nitrogen and oxygen atoms in total. The summed E-state index contributed by atoms with van der Waals surface area (Å²) in [5.41, 5.74) is 0. The molecule has 0 fully saturated rings. The van der Waals surface area contributed by atoms with Crippen LogP contribution in [0.2, 0.25) is 0 Å². The Balaban J connectivity index is 2.67. The van der Waals surface area contributed by atoms with E-state index in [4.69, 9.17) is 0 Å². The molecule has 0 saturated carbocycles. The van der Waals surface area contributed by atoms with Crippen LogP contribution in [0.1, 0.15) is 0 Å². The molecule has 0 saturated heterocycles. The zero-order valence-electron chi connectivity index (χ0n) is 4.49. The SMILES string of the molecule is C1=C/C=C\C=C/N=C1. The fourth-order valence-corrected chi connectivity index (χ4v) is 0.441. The highest BCUT2D eigenvalue weighted by molar-refractivity contribution is 5.72. The molecule has 0 radical (unpaired) electrons. The fourth-order valence-electron chi connectivity index (χ4n) is 0.441. The number of hydrogen-bond acceptors (Lipinski definition) is 1. The van der Waals surface area contributed by atoms with Crippen molar-refractivity contribution < 1.29 is 0 Å². The van der Waals surface area contributed by atoms with Gasteiger partial charge in [0.2, 0.25) is 0 Å². The smallest absolute Gasteiger partial charge is 0.0267 e. The molecule has 0 spiro atoms. The lowest BCUT2D eigenvalue weighted by molar-refractivity contribution is 1.58. The molecule has 0 N–H and O–H groups in total. The average molecular weight is 105 g/mol. The molecule has 0 amide bonds. The van der Waals surface area contributed by atoms with E-state index < -0.39 is 0 Å². The highest BCUT2D eigenvalue weighted by Crippen LogP contribution is 1.83. The zero-order valence-corrected chi connectivity index (χ0v) is 4.49. The molecule has 1 aliphatic rings. The second kappa shape index (κ2) is 2.97. The maximum atomic E-state index is 3.89. The molecule has 0 bridgehead atoms. The number of hydrogen-bond donors (Lipinski definition) is 0. The Bertz CT molecular complexity index is 105. The molecule has 0 aromatic carbocycles. The molecule has 1 heteroatoms. The molecule has 0 aliphatic carbocycles. The van der Waals surface area contributed by atoms with Gasteiger partial charge in [-0.3, -0.25) is 4.99 Å². The zero-order chi connectivity index (χ0) is 5.66. The van der Waals surface area contributed by atoms with E-state index in [-0.39, 0.29) is 0 Å². The molecule has 1 heterocycles. The first-order valence-electron chi connectivity index (χ1n) is 2.52. The van der Waals surface area contributed by atoms with Crippen molar-refractivity contribution in [1.82, 2.24) is 0 Å². The Labute approximate surface area is 48.7 Å². The van der Waals surface area contributed by atoms with E-state index in [1.807, 2.05) is 30.4 Å². The minimum atomic E-state index is 1.75. The first-order valence-corrected chi connectivity index (χ1v) is 2.52. The second-order valence-electron chi connectivity index (χ2n) is 1.41. The highest BCUT2D eigenvalue weighted by atomic mass is 14.6. The van der Waals surface area contributed by atoms with E-state index in [1.54, 1.807) is 12.4 Å². The van der Waals surface area contributed by atoms with E-state index in [1.165, 1.54) is 0 Å². The fraction of sp³-hybridized carbons (Fsp3) is 0. The molecule has 0 unspecified atom stereocenters. The minimum absolute atomic E-state index is 1.75. The van der Waals surface area contributed by atoms with E-state index >= 15 is 0 Å². The summed E-state index contributed by atoms with van der Waals surface area (Å²) in [5, 5.41) is 0. The van der Waals surface area contributed by atoms with Crippen LogP contribution in [0.3, 0.4) is 0 Å². The first kappa shape index (κ1) is 5.04. The summed E-state index contributed by atoms with van der Waals surface area (Å²) >= 11 is 0. The number of rotatable bonds is 0. The van der Waals surface area contributed by atoms with Gasteiger partial charge in [0.15, 0.2) is 0 Å². The van der Waals surface area contributed by atoms with Gasteiger partial charge in [-0.2, -0.15) is 0 Å². The summed E-state index contributed by atoms with van der Waals surface area (Å²) in [5.74, 6) is 0. The quantitative estimate of drug-likeness (QED) is 0.444. The van der Waals surface area contributed by atoms with E-state index in [0.29, 0.717) is 0 Å². The topological polar surface area (TPSA) is 12.4 Å². The molecule has 0 aromatic heterocycles. The van der Waals surface area contributed by atoms with Gasteiger partial charge in [-0.05, 0) is 12.2 Å². The number of allylic oxidation sites excluding steroid dienone is 5. The summed E-state index contributed by atoms with van der Waals surface area (Å²) in [6, 6.07) is 0. The minimum Gasteiger partial charge on any atom is -0.265 e. The van der Waals surface area contributed by atoms with Crippen molar-refractivity contribution in [2.24, 2.45) is 4.99 Å². The van der Waals surface area contributed by atoms with Crippen molar-refractivity contribution in [1.29, 1.82) is 0 Å².